The summed E-state index contributed by atoms with van der Waals surface area (Å²) >= 11 is 0. The maximum atomic E-state index is 12.5. The molecular weight excluding hydrogens is 354 g/mol. The van der Waals surface area contributed by atoms with E-state index >= 15 is 0 Å². The van der Waals surface area contributed by atoms with Gasteiger partial charge in [0, 0.05) is 5.69 Å². The van der Waals surface area contributed by atoms with Crippen molar-refractivity contribution in [3.05, 3.63) is 71.3 Å². The number of fused-ring (bicyclic) bond motifs is 2. The summed E-state index contributed by atoms with van der Waals surface area (Å²) in [7, 11) is 1.50. The second-order valence-electron chi connectivity index (χ2n) is 6.86. The molecule has 5 heteroatoms. The maximum absolute atomic E-state index is 12.5. The Bertz CT molecular complexity index is 1060. The lowest BCUT2D eigenvalue weighted by Crippen LogP contribution is -2.21. The molecule has 1 amide bonds. The third-order valence-electron chi connectivity index (χ3n) is 5.00. The summed E-state index contributed by atoms with van der Waals surface area (Å²) in [4.78, 5) is 24.7. The molecule has 28 heavy (non-hydrogen) atoms. The summed E-state index contributed by atoms with van der Waals surface area (Å²) in [5.74, 6) is -0.541. The number of hydrogen-bond donors (Lipinski definition) is 1. The average Bonchev–Trinajstić information content (AvgIpc) is 3.18. The standard InChI is InChI=1S/C23H21NO4/c1-27-21-13-18-6-3-2-5-17(18)12-20(21)23(26)28-14-22(25)24-19-10-9-15-7-4-8-16(15)11-19/h2-3,5-6,9-13H,4,7-8,14H2,1H3,(H,24,25). The molecule has 4 rings (SSSR count). The normalized spacial score (nSPS) is 12.5. The van der Waals surface area contributed by atoms with Crippen molar-refractivity contribution in [1.29, 1.82) is 0 Å². The van der Waals surface area contributed by atoms with Gasteiger partial charge in [0.1, 0.15) is 11.3 Å². The minimum Gasteiger partial charge on any atom is -0.496 e. The van der Waals surface area contributed by atoms with Gasteiger partial charge in [-0.25, -0.2) is 4.79 Å². The number of aryl methyl sites for hydroxylation is 2. The van der Waals surface area contributed by atoms with E-state index in [0.717, 1.165) is 35.7 Å². The Morgan fingerprint density at radius 3 is 2.50 bits per heavy atom. The first-order valence-electron chi connectivity index (χ1n) is 9.29. The van der Waals surface area contributed by atoms with Crippen LogP contribution < -0.4 is 10.1 Å². The molecule has 0 aliphatic heterocycles. The van der Waals surface area contributed by atoms with Crippen LogP contribution in [0.15, 0.2) is 54.6 Å². The van der Waals surface area contributed by atoms with Gasteiger partial charge in [0.2, 0.25) is 0 Å². The lowest BCUT2D eigenvalue weighted by molar-refractivity contribution is -0.119. The molecule has 3 aromatic carbocycles. The monoisotopic (exact) mass is 375 g/mol. The second-order valence-corrected chi connectivity index (χ2v) is 6.86. The highest BCUT2D eigenvalue weighted by Crippen LogP contribution is 2.27. The number of amides is 1. The van der Waals surface area contributed by atoms with Gasteiger partial charge in [0.05, 0.1) is 7.11 Å². The van der Waals surface area contributed by atoms with E-state index < -0.39 is 5.97 Å². The Morgan fingerprint density at radius 1 is 0.964 bits per heavy atom. The smallest absolute Gasteiger partial charge is 0.342 e. The van der Waals surface area contributed by atoms with Crippen molar-refractivity contribution in [2.24, 2.45) is 0 Å². The number of benzene rings is 3. The molecule has 0 unspecified atom stereocenters. The molecule has 1 aliphatic carbocycles. The van der Waals surface area contributed by atoms with Crippen LogP contribution in [0, 0.1) is 0 Å². The number of ether oxygens (including phenoxy) is 2. The van der Waals surface area contributed by atoms with Gasteiger partial charge in [0.15, 0.2) is 6.61 Å². The van der Waals surface area contributed by atoms with Gasteiger partial charge < -0.3 is 14.8 Å². The van der Waals surface area contributed by atoms with Gasteiger partial charge in [-0.1, -0.05) is 30.3 Å². The number of anilines is 1. The van der Waals surface area contributed by atoms with E-state index in [1.54, 1.807) is 12.1 Å². The maximum Gasteiger partial charge on any atom is 0.342 e. The van der Waals surface area contributed by atoms with Crippen LogP contribution in [0.4, 0.5) is 5.69 Å². The first-order valence-corrected chi connectivity index (χ1v) is 9.29. The largest absolute Gasteiger partial charge is 0.496 e. The predicted molar refractivity (Wildman–Crippen MR) is 108 cm³/mol. The summed E-state index contributed by atoms with van der Waals surface area (Å²) in [5.41, 5.74) is 3.64. The van der Waals surface area contributed by atoms with Crippen molar-refractivity contribution in [1.82, 2.24) is 0 Å². The van der Waals surface area contributed by atoms with Crippen molar-refractivity contribution in [2.75, 3.05) is 19.0 Å². The van der Waals surface area contributed by atoms with Crippen LogP contribution in [-0.4, -0.2) is 25.6 Å². The molecule has 0 bridgehead atoms. The minimum absolute atomic E-state index is 0.298. The molecule has 142 valence electrons. The molecule has 0 aromatic heterocycles. The van der Waals surface area contributed by atoms with Crippen LogP contribution in [0.5, 0.6) is 5.75 Å². The molecule has 5 nitrogen and oxygen atoms in total. The first kappa shape index (κ1) is 18.0. The molecule has 3 aromatic rings. The Hall–Kier alpha value is -3.34. The van der Waals surface area contributed by atoms with Crippen molar-refractivity contribution in [3.63, 3.8) is 0 Å². The zero-order chi connectivity index (χ0) is 19.5. The SMILES string of the molecule is COc1cc2ccccc2cc1C(=O)OCC(=O)Nc1ccc2c(c1)CCC2. The third kappa shape index (κ3) is 3.69. The molecule has 0 saturated heterocycles. The van der Waals surface area contributed by atoms with E-state index in [4.69, 9.17) is 9.47 Å². The van der Waals surface area contributed by atoms with Gasteiger partial charge in [-0.15, -0.1) is 0 Å². The first-order chi connectivity index (χ1) is 13.6. The van der Waals surface area contributed by atoms with E-state index in [-0.39, 0.29) is 12.5 Å². The molecule has 0 saturated carbocycles. The minimum atomic E-state index is -0.591. The number of carbonyl (C=O) groups is 2. The summed E-state index contributed by atoms with van der Waals surface area (Å²) < 4.78 is 10.5. The summed E-state index contributed by atoms with van der Waals surface area (Å²) in [5, 5.41) is 4.65. The molecule has 0 heterocycles. The number of hydrogen-bond acceptors (Lipinski definition) is 4. The van der Waals surface area contributed by atoms with E-state index in [1.165, 1.54) is 18.2 Å². The second kappa shape index (κ2) is 7.72. The number of carbonyl (C=O) groups excluding carboxylic acids is 2. The molecule has 0 radical (unpaired) electrons. The zero-order valence-electron chi connectivity index (χ0n) is 15.7. The van der Waals surface area contributed by atoms with E-state index in [9.17, 15) is 9.59 Å². The Labute approximate surface area is 163 Å². The van der Waals surface area contributed by atoms with Crippen LogP contribution in [0.3, 0.4) is 0 Å². The van der Waals surface area contributed by atoms with E-state index in [0.29, 0.717) is 11.3 Å². The highest BCUT2D eigenvalue weighted by molar-refractivity contribution is 6.00. The molecular formula is C23H21NO4. The van der Waals surface area contributed by atoms with Crippen molar-refractivity contribution < 1.29 is 19.1 Å². The molecule has 0 atom stereocenters. The number of nitrogens with one attached hydrogen (secondary N) is 1. The van der Waals surface area contributed by atoms with E-state index in [1.807, 2.05) is 42.5 Å². The molecule has 1 aliphatic rings. The summed E-state index contributed by atoms with van der Waals surface area (Å²) in [6, 6.07) is 17.1. The topological polar surface area (TPSA) is 64.6 Å². The van der Waals surface area contributed by atoms with E-state index in [2.05, 4.69) is 5.32 Å². The highest BCUT2D eigenvalue weighted by atomic mass is 16.5. The third-order valence-corrected chi connectivity index (χ3v) is 5.00. The average molecular weight is 375 g/mol. The van der Waals surface area contributed by atoms with Crippen LogP contribution in [0.1, 0.15) is 27.9 Å². The van der Waals surface area contributed by atoms with Gasteiger partial charge in [0.25, 0.3) is 5.91 Å². The number of esters is 1. The fraction of sp³-hybridized carbons (Fsp3) is 0.217. The van der Waals surface area contributed by atoms with Gasteiger partial charge in [-0.2, -0.15) is 0 Å². The number of rotatable bonds is 5. The molecule has 1 N–H and O–H groups in total. The van der Waals surface area contributed by atoms with Crippen molar-refractivity contribution >= 4 is 28.3 Å². The Kier molecular flexibility index (Phi) is 4.98. The lowest BCUT2D eigenvalue weighted by atomic mass is 10.1. The molecule has 0 spiro atoms. The highest BCUT2D eigenvalue weighted by Gasteiger charge is 2.17. The fourth-order valence-electron chi connectivity index (χ4n) is 3.60. The summed E-state index contributed by atoms with van der Waals surface area (Å²) in [6.07, 6.45) is 3.28. The Morgan fingerprint density at radius 2 is 1.71 bits per heavy atom. The van der Waals surface area contributed by atoms with Gasteiger partial charge >= 0.3 is 5.97 Å². The van der Waals surface area contributed by atoms with Crippen LogP contribution in [0.2, 0.25) is 0 Å². The van der Waals surface area contributed by atoms with Crippen molar-refractivity contribution in [2.45, 2.75) is 19.3 Å². The fourth-order valence-corrected chi connectivity index (χ4v) is 3.60. The van der Waals surface area contributed by atoms with Crippen LogP contribution in [0.25, 0.3) is 10.8 Å². The lowest BCUT2D eigenvalue weighted by Gasteiger charge is -2.11. The number of methoxy groups -OCH3 is 1. The van der Waals surface area contributed by atoms with Gasteiger partial charge in [-0.3, -0.25) is 4.79 Å². The predicted octanol–water partition coefficient (Wildman–Crippen LogP) is 4.13. The van der Waals surface area contributed by atoms with Crippen LogP contribution >= 0.6 is 0 Å². The quantitative estimate of drug-likeness (QED) is 0.681. The zero-order valence-corrected chi connectivity index (χ0v) is 15.7. The van der Waals surface area contributed by atoms with Crippen LogP contribution in [-0.2, 0) is 22.4 Å². The molecule has 0 fully saturated rings. The summed E-state index contributed by atoms with van der Waals surface area (Å²) in [6.45, 7) is -0.355. The van der Waals surface area contributed by atoms with Gasteiger partial charge in [-0.05, 0) is 65.4 Å². The Balaban J connectivity index is 1.42. The van der Waals surface area contributed by atoms with Crippen molar-refractivity contribution in [3.8, 4) is 5.75 Å².